The third kappa shape index (κ3) is 5.07. The van der Waals surface area contributed by atoms with Gasteiger partial charge in [-0.25, -0.2) is 13.1 Å². The maximum absolute atomic E-state index is 12.8. The molecule has 2 aromatic carbocycles. The number of hydrogen-bond acceptors (Lipinski definition) is 5. The Morgan fingerprint density at radius 1 is 1.10 bits per heavy atom. The zero-order valence-corrected chi connectivity index (χ0v) is 17.7. The van der Waals surface area contributed by atoms with Gasteiger partial charge in [0.2, 0.25) is 10.0 Å². The molecule has 2 aromatic rings. The van der Waals surface area contributed by atoms with Crippen molar-refractivity contribution in [2.75, 3.05) is 24.8 Å². The molecule has 0 radical (unpaired) electrons. The minimum atomic E-state index is -3.69. The number of methoxy groups -OCH3 is 1. The summed E-state index contributed by atoms with van der Waals surface area (Å²) in [6.45, 7) is 2.08. The zero-order valence-electron chi connectivity index (χ0n) is 16.9. The SMILES string of the molecule is CNS(=O)(=O)c1cc(NC(C)C2CCC2)cc(C(=O)Nc2ccc(OC)cc2)c1. The molecule has 0 bridgehead atoms. The molecule has 0 spiro atoms. The number of amides is 1. The summed E-state index contributed by atoms with van der Waals surface area (Å²) < 4.78 is 32.1. The molecule has 1 saturated carbocycles. The summed E-state index contributed by atoms with van der Waals surface area (Å²) >= 11 is 0. The average Bonchev–Trinajstić information content (AvgIpc) is 2.66. The first kappa shape index (κ1) is 21.1. The average molecular weight is 418 g/mol. The Bertz CT molecular complexity index is 970. The Hall–Kier alpha value is -2.58. The van der Waals surface area contributed by atoms with Gasteiger partial charge in [0.25, 0.3) is 5.91 Å². The van der Waals surface area contributed by atoms with E-state index in [-0.39, 0.29) is 22.4 Å². The van der Waals surface area contributed by atoms with Crippen molar-refractivity contribution in [1.82, 2.24) is 4.72 Å². The van der Waals surface area contributed by atoms with Gasteiger partial charge in [-0.3, -0.25) is 4.79 Å². The molecule has 156 valence electrons. The fourth-order valence-electron chi connectivity index (χ4n) is 3.28. The topological polar surface area (TPSA) is 96.5 Å². The first-order valence-corrected chi connectivity index (χ1v) is 11.1. The van der Waals surface area contributed by atoms with E-state index in [1.54, 1.807) is 43.5 Å². The largest absolute Gasteiger partial charge is 0.497 e. The van der Waals surface area contributed by atoms with Gasteiger partial charge >= 0.3 is 0 Å². The van der Waals surface area contributed by atoms with Gasteiger partial charge in [-0.1, -0.05) is 6.42 Å². The van der Waals surface area contributed by atoms with Gasteiger partial charge in [0.05, 0.1) is 12.0 Å². The second-order valence-corrected chi connectivity index (χ2v) is 9.15. The van der Waals surface area contributed by atoms with Gasteiger partial charge in [-0.05, 0) is 75.2 Å². The summed E-state index contributed by atoms with van der Waals surface area (Å²) in [5.74, 6) is 0.861. The molecule has 7 nitrogen and oxygen atoms in total. The summed E-state index contributed by atoms with van der Waals surface area (Å²) in [6, 6.07) is 11.8. The Labute approximate surface area is 171 Å². The molecular formula is C21H27N3O4S. The third-order valence-electron chi connectivity index (χ3n) is 5.35. The second-order valence-electron chi connectivity index (χ2n) is 7.26. The van der Waals surface area contributed by atoms with Crippen LogP contribution in [-0.4, -0.2) is 34.5 Å². The molecule has 8 heteroatoms. The molecule has 29 heavy (non-hydrogen) atoms. The summed E-state index contributed by atoms with van der Waals surface area (Å²) in [4.78, 5) is 12.8. The van der Waals surface area contributed by atoms with E-state index < -0.39 is 10.0 Å². The molecule has 1 amide bonds. The highest BCUT2D eigenvalue weighted by molar-refractivity contribution is 7.89. The van der Waals surface area contributed by atoms with E-state index in [0.29, 0.717) is 23.0 Å². The lowest BCUT2D eigenvalue weighted by Gasteiger charge is -2.32. The summed E-state index contributed by atoms with van der Waals surface area (Å²) in [5, 5.41) is 6.16. The molecule has 1 unspecified atom stereocenters. The van der Waals surface area contributed by atoms with Crippen LogP contribution in [0, 0.1) is 5.92 Å². The lowest BCUT2D eigenvalue weighted by atomic mass is 9.80. The van der Waals surface area contributed by atoms with Crippen molar-refractivity contribution in [2.45, 2.75) is 37.1 Å². The van der Waals surface area contributed by atoms with Crippen LogP contribution in [0.15, 0.2) is 47.4 Å². The molecule has 1 aliphatic rings. The number of anilines is 2. The van der Waals surface area contributed by atoms with E-state index in [1.807, 2.05) is 0 Å². The van der Waals surface area contributed by atoms with Crippen LogP contribution in [0.4, 0.5) is 11.4 Å². The van der Waals surface area contributed by atoms with Crippen molar-refractivity contribution in [3.05, 3.63) is 48.0 Å². The van der Waals surface area contributed by atoms with E-state index in [9.17, 15) is 13.2 Å². The smallest absolute Gasteiger partial charge is 0.255 e. The number of carbonyl (C=O) groups is 1. The number of benzene rings is 2. The highest BCUT2D eigenvalue weighted by Crippen LogP contribution is 2.31. The highest BCUT2D eigenvalue weighted by atomic mass is 32.2. The van der Waals surface area contributed by atoms with Crippen molar-refractivity contribution < 1.29 is 17.9 Å². The van der Waals surface area contributed by atoms with Gasteiger partial charge in [-0.15, -0.1) is 0 Å². The quantitative estimate of drug-likeness (QED) is 0.611. The van der Waals surface area contributed by atoms with Crippen molar-refractivity contribution in [3.8, 4) is 5.75 Å². The zero-order chi connectivity index (χ0) is 21.0. The number of ether oxygens (including phenoxy) is 1. The van der Waals surface area contributed by atoms with Crippen molar-refractivity contribution >= 4 is 27.3 Å². The molecule has 0 saturated heterocycles. The molecule has 3 rings (SSSR count). The lowest BCUT2D eigenvalue weighted by molar-refractivity contribution is 0.102. The maximum atomic E-state index is 12.8. The number of carbonyl (C=O) groups excluding carboxylic acids is 1. The number of nitrogens with one attached hydrogen (secondary N) is 3. The normalized spacial score (nSPS) is 15.3. The Morgan fingerprint density at radius 3 is 2.34 bits per heavy atom. The Balaban J connectivity index is 1.87. The van der Waals surface area contributed by atoms with Crippen molar-refractivity contribution in [3.63, 3.8) is 0 Å². The van der Waals surface area contributed by atoms with Crippen LogP contribution in [-0.2, 0) is 10.0 Å². The predicted octanol–water partition coefficient (Wildman–Crippen LogP) is 3.46. The minimum Gasteiger partial charge on any atom is -0.497 e. The van der Waals surface area contributed by atoms with Gasteiger partial charge in [0, 0.05) is 23.0 Å². The minimum absolute atomic E-state index is 0.0469. The first-order valence-electron chi connectivity index (χ1n) is 9.63. The maximum Gasteiger partial charge on any atom is 0.255 e. The molecule has 0 aliphatic heterocycles. The monoisotopic (exact) mass is 417 g/mol. The van der Waals surface area contributed by atoms with Crippen LogP contribution < -0.4 is 20.1 Å². The van der Waals surface area contributed by atoms with Crippen LogP contribution in [0.5, 0.6) is 5.75 Å². The van der Waals surface area contributed by atoms with Crippen molar-refractivity contribution in [2.24, 2.45) is 5.92 Å². The van der Waals surface area contributed by atoms with E-state index in [1.165, 1.54) is 19.5 Å². The van der Waals surface area contributed by atoms with Gasteiger partial charge in [0.1, 0.15) is 5.75 Å². The Morgan fingerprint density at radius 2 is 1.79 bits per heavy atom. The lowest BCUT2D eigenvalue weighted by Crippen LogP contribution is -2.31. The van der Waals surface area contributed by atoms with Gasteiger partial charge in [0.15, 0.2) is 0 Å². The second kappa shape index (κ2) is 8.84. The fourth-order valence-corrected chi connectivity index (χ4v) is 4.08. The van der Waals surface area contributed by atoms with Crippen LogP contribution >= 0.6 is 0 Å². The van der Waals surface area contributed by atoms with Crippen LogP contribution in [0.2, 0.25) is 0 Å². The fraction of sp³-hybridized carbons (Fsp3) is 0.381. The molecule has 3 N–H and O–H groups in total. The van der Waals surface area contributed by atoms with E-state index >= 15 is 0 Å². The molecule has 0 heterocycles. The van der Waals surface area contributed by atoms with Gasteiger partial charge in [-0.2, -0.15) is 0 Å². The summed E-state index contributed by atoms with van der Waals surface area (Å²) in [5.41, 5.74) is 1.47. The molecule has 0 aromatic heterocycles. The molecule has 1 aliphatic carbocycles. The summed E-state index contributed by atoms with van der Waals surface area (Å²) in [6.07, 6.45) is 3.54. The number of rotatable bonds is 8. The standard InChI is InChI=1S/C21H27N3O4S/c1-14(15-5-4-6-15)23-18-11-16(12-20(13-18)29(26,27)22-2)21(25)24-17-7-9-19(28-3)10-8-17/h7-15,22-23H,4-6H2,1-3H3,(H,24,25). The molecule has 1 atom stereocenters. The van der Waals surface area contributed by atoms with Crippen LogP contribution in [0.3, 0.4) is 0 Å². The summed E-state index contributed by atoms with van der Waals surface area (Å²) in [7, 11) is -0.772. The third-order valence-corrected chi connectivity index (χ3v) is 6.74. The first-order chi connectivity index (χ1) is 13.8. The van der Waals surface area contributed by atoms with Gasteiger partial charge < -0.3 is 15.4 Å². The number of sulfonamides is 1. The van der Waals surface area contributed by atoms with Crippen LogP contribution in [0.1, 0.15) is 36.5 Å². The predicted molar refractivity (Wildman–Crippen MR) is 114 cm³/mol. The Kier molecular flexibility index (Phi) is 6.44. The van der Waals surface area contributed by atoms with Crippen LogP contribution in [0.25, 0.3) is 0 Å². The highest BCUT2D eigenvalue weighted by Gasteiger charge is 2.24. The van der Waals surface area contributed by atoms with E-state index in [0.717, 1.165) is 12.8 Å². The molecular weight excluding hydrogens is 390 g/mol. The van der Waals surface area contributed by atoms with E-state index in [2.05, 4.69) is 22.3 Å². The van der Waals surface area contributed by atoms with E-state index in [4.69, 9.17) is 4.74 Å². The molecule has 1 fully saturated rings. The number of hydrogen-bond donors (Lipinski definition) is 3. The van der Waals surface area contributed by atoms with Crippen molar-refractivity contribution in [1.29, 1.82) is 0 Å².